The predicted molar refractivity (Wildman–Crippen MR) is 134 cm³/mol. The summed E-state index contributed by atoms with van der Waals surface area (Å²) in [5, 5.41) is 6.28. The first-order valence-electron chi connectivity index (χ1n) is 11.9. The molecular weight excluding hydrogens is 430 g/mol. The third kappa shape index (κ3) is 5.90. The van der Waals surface area contributed by atoms with Gasteiger partial charge in [0.05, 0.1) is 18.7 Å². The highest BCUT2D eigenvalue weighted by Crippen LogP contribution is 2.43. The summed E-state index contributed by atoms with van der Waals surface area (Å²) in [6, 6.07) is 13.4. The second-order valence-electron chi connectivity index (χ2n) is 8.24. The monoisotopic (exact) mass is 465 g/mol. The van der Waals surface area contributed by atoms with E-state index in [9.17, 15) is 9.59 Å². The second-order valence-corrected chi connectivity index (χ2v) is 8.24. The number of hydrogen-bond acceptors (Lipinski definition) is 5. The molecule has 0 aromatic heterocycles. The minimum atomic E-state index is -0.373. The Hall–Kier alpha value is -3.48. The fourth-order valence-electron chi connectivity index (χ4n) is 4.25. The summed E-state index contributed by atoms with van der Waals surface area (Å²) in [6.07, 6.45) is 3.64. The van der Waals surface area contributed by atoms with E-state index >= 15 is 0 Å². The van der Waals surface area contributed by atoms with E-state index in [1.807, 2.05) is 31.2 Å². The van der Waals surface area contributed by atoms with E-state index in [1.165, 1.54) is 0 Å². The van der Waals surface area contributed by atoms with E-state index in [-0.39, 0.29) is 30.7 Å². The topological polar surface area (TPSA) is 79.9 Å². The van der Waals surface area contributed by atoms with Crippen LogP contribution < -0.4 is 15.4 Å². The van der Waals surface area contributed by atoms with Gasteiger partial charge in [-0.05, 0) is 61.2 Å². The quantitative estimate of drug-likeness (QED) is 0.455. The van der Waals surface area contributed by atoms with Crippen LogP contribution in [0.4, 0.5) is 10.5 Å². The van der Waals surface area contributed by atoms with Gasteiger partial charge in [0.25, 0.3) is 5.91 Å². The van der Waals surface area contributed by atoms with Crippen LogP contribution in [0.25, 0.3) is 0 Å². The van der Waals surface area contributed by atoms with Crippen LogP contribution in [-0.4, -0.2) is 43.7 Å². The zero-order chi connectivity index (χ0) is 24.5. The van der Waals surface area contributed by atoms with Crippen molar-refractivity contribution in [2.24, 2.45) is 0 Å². The highest BCUT2D eigenvalue weighted by atomic mass is 16.6. The Labute approximate surface area is 202 Å². The number of amides is 2. The Morgan fingerprint density at radius 3 is 2.62 bits per heavy atom. The molecule has 1 aliphatic rings. The highest BCUT2D eigenvalue weighted by Gasteiger charge is 2.35. The lowest BCUT2D eigenvalue weighted by molar-refractivity contribution is 0.0893. The smallest absolute Gasteiger partial charge is 0.410 e. The summed E-state index contributed by atoms with van der Waals surface area (Å²) in [5.41, 5.74) is 3.47. The van der Waals surface area contributed by atoms with Crippen molar-refractivity contribution in [3.8, 4) is 5.75 Å². The van der Waals surface area contributed by atoms with Crippen molar-refractivity contribution in [1.82, 2.24) is 10.2 Å². The maximum absolute atomic E-state index is 13.1. The Balaban J connectivity index is 2.01. The predicted octanol–water partition coefficient (Wildman–Crippen LogP) is 5.47. The van der Waals surface area contributed by atoms with Gasteiger partial charge in [0.2, 0.25) is 0 Å². The van der Waals surface area contributed by atoms with Crippen molar-refractivity contribution < 1.29 is 19.1 Å². The van der Waals surface area contributed by atoms with Crippen LogP contribution in [0, 0.1) is 0 Å². The van der Waals surface area contributed by atoms with Crippen molar-refractivity contribution in [2.75, 3.05) is 32.1 Å². The molecular formula is C27H35N3O4. The first-order valence-corrected chi connectivity index (χ1v) is 11.9. The number of carbonyl (C=O) groups excluding carboxylic acids is 2. The summed E-state index contributed by atoms with van der Waals surface area (Å²) in [4.78, 5) is 27.2. The standard InChI is InChI=1S/C27H35N3O4/c1-5-8-15-30(27(32)34-16-6-2)25-18-24(19-9-12-21(13-10-19)33-7-3)29-23-14-11-20(17-22(23)25)26(31)28-4/h6,9-14,17,24-25,29H,2,5,7-8,15-16,18H2,1,3-4H3,(H,28,31). The molecule has 0 fully saturated rings. The second kappa shape index (κ2) is 12.1. The molecule has 0 saturated carbocycles. The molecule has 3 rings (SSSR count). The number of carbonyl (C=O) groups is 2. The molecule has 0 saturated heterocycles. The van der Waals surface area contributed by atoms with Crippen molar-refractivity contribution in [1.29, 1.82) is 0 Å². The van der Waals surface area contributed by atoms with Crippen LogP contribution in [0.2, 0.25) is 0 Å². The van der Waals surface area contributed by atoms with Gasteiger partial charge in [0, 0.05) is 24.8 Å². The molecule has 34 heavy (non-hydrogen) atoms. The lowest BCUT2D eigenvalue weighted by Gasteiger charge is -2.39. The zero-order valence-corrected chi connectivity index (χ0v) is 20.3. The largest absolute Gasteiger partial charge is 0.494 e. The molecule has 1 aliphatic heterocycles. The first kappa shape index (κ1) is 25.1. The van der Waals surface area contributed by atoms with E-state index in [2.05, 4.69) is 36.3 Å². The number of nitrogens with zero attached hydrogens (tertiary/aromatic N) is 1. The first-order chi connectivity index (χ1) is 16.5. The average molecular weight is 466 g/mol. The number of hydrogen-bond donors (Lipinski definition) is 2. The minimum Gasteiger partial charge on any atom is -0.494 e. The molecule has 2 atom stereocenters. The van der Waals surface area contributed by atoms with Gasteiger partial charge in [-0.25, -0.2) is 4.79 Å². The number of nitrogens with one attached hydrogen (secondary N) is 2. The van der Waals surface area contributed by atoms with Crippen LogP contribution in [0.15, 0.2) is 55.1 Å². The SMILES string of the molecule is C=CCOC(=O)N(CCCC)C1CC(c2ccc(OCC)cc2)Nc2ccc(C(=O)NC)cc21. The van der Waals surface area contributed by atoms with Crippen LogP contribution >= 0.6 is 0 Å². The normalized spacial score (nSPS) is 16.6. The van der Waals surface area contributed by atoms with E-state index in [1.54, 1.807) is 24.1 Å². The average Bonchev–Trinajstić information content (AvgIpc) is 2.87. The summed E-state index contributed by atoms with van der Waals surface area (Å²) in [7, 11) is 1.61. The number of rotatable bonds is 10. The number of unbranched alkanes of at least 4 members (excludes halogenated alkanes) is 1. The number of ether oxygens (including phenoxy) is 2. The molecule has 0 aliphatic carbocycles. The molecule has 2 aromatic carbocycles. The molecule has 0 bridgehead atoms. The molecule has 7 nitrogen and oxygen atoms in total. The molecule has 182 valence electrons. The van der Waals surface area contributed by atoms with E-state index in [4.69, 9.17) is 9.47 Å². The Morgan fingerprint density at radius 1 is 1.21 bits per heavy atom. The fourth-order valence-corrected chi connectivity index (χ4v) is 4.25. The van der Waals surface area contributed by atoms with Crippen LogP contribution in [0.1, 0.15) is 66.7 Å². The summed E-state index contributed by atoms with van der Waals surface area (Å²) < 4.78 is 11.0. The van der Waals surface area contributed by atoms with Gasteiger partial charge in [-0.3, -0.25) is 4.79 Å². The Morgan fingerprint density at radius 2 is 1.97 bits per heavy atom. The summed E-state index contributed by atoms with van der Waals surface area (Å²) >= 11 is 0. The van der Waals surface area contributed by atoms with Crippen molar-refractivity contribution >= 4 is 17.7 Å². The van der Waals surface area contributed by atoms with E-state index in [0.29, 0.717) is 25.1 Å². The van der Waals surface area contributed by atoms with Crippen LogP contribution in [-0.2, 0) is 4.74 Å². The van der Waals surface area contributed by atoms with Gasteiger partial charge in [-0.15, -0.1) is 0 Å². The molecule has 0 spiro atoms. The Kier molecular flexibility index (Phi) is 8.96. The molecule has 2 N–H and O–H groups in total. The van der Waals surface area contributed by atoms with E-state index < -0.39 is 0 Å². The number of anilines is 1. The third-order valence-electron chi connectivity index (χ3n) is 5.97. The van der Waals surface area contributed by atoms with Gasteiger partial charge in [0.15, 0.2) is 0 Å². The maximum Gasteiger partial charge on any atom is 0.410 e. The van der Waals surface area contributed by atoms with Crippen molar-refractivity contribution in [3.63, 3.8) is 0 Å². The summed E-state index contributed by atoms with van der Waals surface area (Å²) in [6.45, 7) is 9.04. The fraction of sp³-hybridized carbons (Fsp3) is 0.407. The Bertz CT molecular complexity index is 990. The lowest BCUT2D eigenvalue weighted by atomic mass is 9.87. The highest BCUT2D eigenvalue weighted by molar-refractivity contribution is 5.94. The molecule has 0 radical (unpaired) electrons. The zero-order valence-electron chi connectivity index (χ0n) is 20.3. The number of fused-ring (bicyclic) bond motifs is 1. The van der Waals surface area contributed by atoms with Crippen molar-refractivity contribution in [2.45, 2.75) is 45.2 Å². The van der Waals surface area contributed by atoms with E-state index in [0.717, 1.165) is 35.4 Å². The van der Waals surface area contributed by atoms with Crippen molar-refractivity contribution in [3.05, 3.63) is 71.8 Å². The maximum atomic E-state index is 13.1. The lowest BCUT2D eigenvalue weighted by Crippen LogP contribution is -2.40. The third-order valence-corrected chi connectivity index (χ3v) is 5.97. The molecule has 2 aromatic rings. The summed E-state index contributed by atoms with van der Waals surface area (Å²) in [5.74, 6) is 0.663. The molecule has 7 heteroatoms. The minimum absolute atomic E-state index is 0.0182. The molecule has 2 unspecified atom stereocenters. The van der Waals surface area contributed by atoms with Gasteiger partial charge < -0.3 is 25.0 Å². The van der Waals surface area contributed by atoms with Gasteiger partial charge in [-0.2, -0.15) is 0 Å². The van der Waals surface area contributed by atoms with Crippen LogP contribution in [0.3, 0.4) is 0 Å². The molecule has 1 heterocycles. The number of benzene rings is 2. The molecule has 2 amide bonds. The van der Waals surface area contributed by atoms with Gasteiger partial charge in [0.1, 0.15) is 12.4 Å². The van der Waals surface area contributed by atoms with Crippen LogP contribution in [0.5, 0.6) is 5.75 Å². The van der Waals surface area contributed by atoms with Gasteiger partial charge in [-0.1, -0.05) is 38.1 Å². The van der Waals surface area contributed by atoms with Gasteiger partial charge >= 0.3 is 6.09 Å².